The molecule has 1 N–H and O–H groups in total. The molecule has 0 amide bonds. The monoisotopic (exact) mass is 245 g/mol. The molecule has 0 aliphatic rings. The van der Waals surface area contributed by atoms with Gasteiger partial charge in [-0.3, -0.25) is 9.78 Å². The van der Waals surface area contributed by atoms with Crippen molar-refractivity contribution in [2.75, 3.05) is 7.11 Å². The zero-order valence-corrected chi connectivity index (χ0v) is 10.4. The largest absolute Gasteiger partial charge is 0.469 e. The molecule has 0 radical (unpaired) electrons. The lowest BCUT2D eigenvalue weighted by atomic mass is 10.2. The first-order chi connectivity index (χ1) is 8.70. The van der Waals surface area contributed by atoms with Crippen molar-refractivity contribution < 1.29 is 9.53 Å². The lowest BCUT2D eigenvalue weighted by Crippen LogP contribution is -2.02. The third kappa shape index (κ3) is 2.74. The molecular weight excluding hydrogens is 230 g/mol. The van der Waals surface area contributed by atoms with E-state index in [4.69, 9.17) is 0 Å². The summed E-state index contributed by atoms with van der Waals surface area (Å²) in [4.78, 5) is 22.8. The summed E-state index contributed by atoms with van der Waals surface area (Å²) in [6.07, 6.45) is 4.38. The Labute approximate surface area is 105 Å². The Balaban J connectivity index is 2.15. The first kappa shape index (κ1) is 12.3. The molecule has 94 valence electrons. The Morgan fingerprint density at radius 1 is 1.50 bits per heavy atom. The topological polar surface area (TPSA) is 67.9 Å². The molecule has 2 rings (SSSR count). The van der Waals surface area contributed by atoms with Crippen LogP contribution in [0.5, 0.6) is 0 Å². The quantitative estimate of drug-likeness (QED) is 0.835. The van der Waals surface area contributed by atoms with Crippen molar-refractivity contribution in [3.8, 4) is 11.3 Å². The smallest absolute Gasteiger partial charge is 0.305 e. The maximum Gasteiger partial charge on any atom is 0.305 e. The zero-order chi connectivity index (χ0) is 13.0. The van der Waals surface area contributed by atoms with Gasteiger partial charge in [-0.15, -0.1) is 0 Å². The summed E-state index contributed by atoms with van der Waals surface area (Å²) in [6.45, 7) is 1.96. The van der Waals surface area contributed by atoms with Crippen molar-refractivity contribution >= 4 is 5.97 Å². The average Bonchev–Trinajstić information content (AvgIpc) is 2.78. The molecule has 0 saturated carbocycles. The summed E-state index contributed by atoms with van der Waals surface area (Å²) in [5.41, 5.74) is 2.82. The third-order valence-electron chi connectivity index (χ3n) is 2.66. The van der Waals surface area contributed by atoms with Gasteiger partial charge in [-0.25, -0.2) is 4.98 Å². The number of esters is 1. The molecule has 18 heavy (non-hydrogen) atoms. The molecule has 0 spiro atoms. The Morgan fingerprint density at radius 2 is 2.33 bits per heavy atom. The van der Waals surface area contributed by atoms with Crippen molar-refractivity contribution in [1.29, 1.82) is 0 Å². The molecule has 0 atom stereocenters. The molecule has 2 aromatic rings. The summed E-state index contributed by atoms with van der Waals surface area (Å²) in [6, 6.07) is 3.83. The number of aromatic nitrogens is 3. The number of H-pyrrole nitrogens is 1. The van der Waals surface area contributed by atoms with Gasteiger partial charge in [0.2, 0.25) is 0 Å². The molecule has 0 saturated heterocycles. The number of ether oxygens (including phenoxy) is 1. The van der Waals surface area contributed by atoms with Gasteiger partial charge in [-0.2, -0.15) is 0 Å². The molecule has 0 aliphatic heterocycles. The normalized spacial score (nSPS) is 10.3. The Bertz CT molecular complexity index is 534. The first-order valence-corrected chi connectivity index (χ1v) is 5.73. The number of nitrogens with zero attached hydrogens (tertiary/aromatic N) is 2. The van der Waals surface area contributed by atoms with Gasteiger partial charge in [0.25, 0.3) is 0 Å². The van der Waals surface area contributed by atoms with Crippen molar-refractivity contribution in [1.82, 2.24) is 15.0 Å². The van der Waals surface area contributed by atoms with Crippen LogP contribution in [0.2, 0.25) is 0 Å². The van der Waals surface area contributed by atoms with E-state index in [1.165, 1.54) is 7.11 Å². The lowest BCUT2D eigenvalue weighted by Gasteiger charge is -1.96. The van der Waals surface area contributed by atoms with Crippen LogP contribution in [-0.4, -0.2) is 28.0 Å². The Hall–Kier alpha value is -2.17. The van der Waals surface area contributed by atoms with E-state index in [1.807, 2.05) is 19.1 Å². The van der Waals surface area contributed by atoms with E-state index in [0.29, 0.717) is 12.8 Å². The van der Waals surface area contributed by atoms with Gasteiger partial charge in [-0.1, -0.05) is 0 Å². The SMILES string of the molecule is COC(=O)CCc1nc(-c2cccnc2)c(C)[nH]1. The lowest BCUT2D eigenvalue weighted by molar-refractivity contribution is -0.140. The van der Waals surface area contributed by atoms with Crippen molar-refractivity contribution in [2.45, 2.75) is 19.8 Å². The summed E-state index contributed by atoms with van der Waals surface area (Å²) < 4.78 is 4.60. The highest BCUT2D eigenvalue weighted by molar-refractivity contribution is 5.69. The minimum atomic E-state index is -0.230. The Kier molecular flexibility index (Phi) is 3.72. The summed E-state index contributed by atoms with van der Waals surface area (Å²) in [5, 5.41) is 0. The van der Waals surface area contributed by atoms with Crippen LogP contribution >= 0.6 is 0 Å². The predicted octanol–water partition coefficient (Wildman–Crippen LogP) is 1.89. The maximum absolute atomic E-state index is 11.1. The van der Waals surface area contributed by atoms with Gasteiger partial charge in [0.05, 0.1) is 19.2 Å². The minimum Gasteiger partial charge on any atom is -0.469 e. The number of nitrogens with one attached hydrogen (secondary N) is 1. The summed E-state index contributed by atoms with van der Waals surface area (Å²) in [5.74, 6) is 0.559. The number of pyridine rings is 1. The van der Waals surface area contributed by atoms with E-state index < -0.39 is 0 Å². The minimum absolute atomic E-state index is 0.230. The molecule has 0 bridgehead atoms. The molecule has 0 fully saturated rings. The van der Waals surface area contributed by atoms with Gasteiger partial charge in [0, 0.05) is 30.1 Å². The molecule has 5 heteroatoms. The second kappa shape index (κ2) is 5.44. The fraction of sp³-hybridized carbons (Fsp3) is 0.308. The molecule has 0 unspecified atom stereocenters. The number of aryl methyl sites for hydroxylation is 2. The summed E-state index contributed by atoms with van der Waals surface area (Å²) in [7, 11) is 1.39. The highest BCUT2D eigenvalue weighted by atomic mass is 16.5. The summed E-state index contributed by atoms with van der Waals surface area (Å²) >= 11 is 0. The second-order valence-electron chi connectivity index (χ2n) is 3.97. The van der Waals surface area contributed by atoms with Crippen LogP contribution in [0, 0.1) is 6.92 Å². The average molecular weight is 245 g/mol. The van der Waals surface area contributed by atoms with Crippen molar-refractivity contribution in [3.63, 3.8) is 0 Å². The van der Waals surface area contributed by atoms with Crippen LogP contribution in [0.4, 0.5) is 0 Å². The van der Waals surface area contributed by atoms with E-state index in [2.05, 4.69) is 19.7 Å². The highest BCUT2D eigenvalue weighted by Gasteiger charge is 2.10. The molecule has 0 aliphatic carbocycles. The second-order valence-corrected chi connectivity index (χ2v) is 3.97. The molecular formula is C13H15N3O2. The molecule has 2 aromatic heterocycles. The van der Waals surface area contributed by atoms with Gasteiger partial charge in [-0.05, 0) is 19.1 Å². The number of imidazole rings is 1. The third-order valence-corrected chi connectivity index (χ3v) is 2.66. The van der Waals surface area contributed by atoms with E-state index in [1.54, 1.807) is 12.4 Å². The van der Waals surface area contributed by atoms with E-state index >= 15 is 0 Å². The number of hydrogen-bond donors (Lipinski definition) is 1. The van der Waals surface area contributed by atoms with E-state index in [9.17, 15) is 4.79 Å². The van der Waals surface area contributed by atoms with Gasteiger partial charge < -0.3 is 9.72 Å². The predicted molar refractivity (Wildman–Crippen MR) is 66.9 cm³/mol. The number of methoxy groups -OCH3 is 1. The Morgan fingerprint density at radius 3 is 3.00 bits per heavy atom. The van der Waals surface area contributed by atoms with Crippen LogP contribution in [-0.2, 0) is 16.0 Å². The molecule has 2 heterocycles. The fourth-order valence-corrected chi connectivity index (χ4v) is 1.75. The van der Waals surface area contributed by atoms with Crippen LogP contribution in [0.3, 0.4) is 0 Å². The van der Waals surface area contributed by atoms with Gasteiger partial charge in [0.15, 0.2) is 0 Å². The van der Waals surface area contributed by atoms with Gasteiger partial charge >= 0.3 is 5.97 Å². The van der Waals surface area contributed by atoms with Gasteiger partial charge in [0.1, 0.15) is 5.82 Å². The van der Waals surface area contributed by atoms with Crippen LogP contribution in [0.15, 0.2) is 24.5 Å². The van der Waals surface area contributed by atoms with E-state index in [0.717, 1.165) is 22.8 Å². The number of rotatable bonds is 4. The first-order valence-electron chi connectivity index (χ1n) is 5.73. The number of carbonyl (C=O) groups is 1. The van der Waals surface area contributed by atoms with Crippen molar-refractivity contribution in [3.05, 3.63) is 36.0 Å². The van der Waals surface area contributed by atoms with Crippen molar-refractivity contribution in [2.24, 2.45) is 0 Å². The standard InChI is InChI=1S/C13H15N3O2/c1-9-13(10-4-3-7-14-8-10)16-11(15-9)5-6-12(17)18-2/h3-4,7-8H,5-6H2,1-2H3,(H,15,16). The fourth-order valence-electron chi connectivity index (χ4n) is 1.75. The molecule has 5 nitrogen and oxygen atoms in total. The number of hydrogen-bond acceptors (Lipinski definition) is 4. The van der Waals surface area contributed by atoms with Crippen LogP contribution < -0.4 is 0 Å². The molecule has 0 aromatic carbocycles. The van der Waals surface area contributed by atoms with E-state index in [-0.39, 0.29) is 5.97 Å². The van der Waals surface area contributed by atoms with Crippen LogP contribution in [0.25, 0.3) is 11.3 Å². The number of aromatic amines is 1. The van der Waals surface area contributed by atoms with Crippen LogP contribution in [0.1, 0.15) is 17.9 Å². The highest BCUT2D eigenvalue weighted by Crippen LogP contribution is 2.20. The zero-order valence-electron chi connectivity index (χ0n) is 10.4. The maximum atomic E-state index is 11.1. The number of carbonyl (C=O) groups excluding carboxylic acids is 1.